The standard InChI is InChI=1S/C17H30N2O/c1-3-4-5-6-7-8-9-13-17(19-18)15-11-10-12-16(14-15)20-2/h10-12,14,17,19H,3-9,13,18H2,1-2H3. The molecule has 0 radical (unpaired) electrons. The number of methoxy groups -OCH3 is 1. The number of nitrogens with one attached hydrogen (secondary N) is 1. The van der Waals surface area contributed by atoms with Crippen molar-refractivity contribution < 1.29 is 4.74 Å². The van der Waals surface area contributed by atoms with Gasteiger partial charge in [0.05, 0.1) is 7.11 Å². The van der Waals surface area contributed by atoms with Crippen LogP contribution in [-0.4, -0.2) is 7.11 Å². The summed E-state index contributed by atoms with van der Waals surface area (Å²) in [5.74, 6) is 6.58. The van der Waals surface area contributed by atoms with Crippen molar-refractivity contribution in [3.63, 3.8) is 0 Å². The largest absolute Gasteiger partial charge is 0.497 e. The minimum Gasteiger partial charge on any atom is -0.497 e. The van der Waals surface area contributed by atoms with Gasteiger partial charge in [0.15, 0.2) is 0 Å². The fraction of sp³-hybridized carbons (Fsp3) is 0.647. The number of hydrogen-bond donors (Lipinski definition) is 2. The van der Waals surface area contributed by atoms with Crippen LogP contribution < -0.4 is 16.0 Å². The first kappa shape index (κ1) is 17.0. The van der Waals surface area contributed by atoms with Crippen LogP contribution >= 0.6 is 0 Å². The van der Waals surface area contributed by atoms with E-state index in [1.165, 1.54) is 50.5 Å². The Labute approximate surface area is 123 Å². The van der Waals surface area contributed by atoms with Crippen LogP contribution in [0.3, 0.4) is 0 Å². The lowest BCUT2D eigenvalue weighted by Crippen LogP contribution is -2.27. The van der Waals surface area contributed by atoms with Gasteiger partial charge < -0.3 is 4.74 Å². The number of hydrogen-bond acceptors (Lipinski definition) is 3. The predicted molar refractivity (Wildman–Crippen MR) is 85.7 cm³/mol. The maximum atomic E-state index is 5.69. The van der Waals surface area contributed by atoms with E-state index in [1.807, 2.05) is 12.1 Å². The maximum Gasteiger partial charge on any atom is 0.119 e. The number of rotatable bonds is 11. The molecular formula is C17H30N2O. The smallest absolute Gasteiger partial charge is 0.119 e. The molecule has 1 aromatic carbocycles. The van der Waals surface area contributed by atoms with Gasteiger partial charge in [0.25, 0.3) is 0 Å². The summed E-state index contributed by atoms with van der Waals surface area (Å²) in [5.41, 5.74) is 4.13. The van der Waals surface area contributed by atoms with Gasteiger partial charge in [-0.1, -0.05) is 64.0 Å². The topological polar surface area (TPSA) is 47.3 Å². The molecule has 1 unspecified atom stereocenters. The van der Waals surface area contributed by atoms with E-state index in [2.05, 4.69) is 24.5 Å². The molecular weight excluding hydrogens is 248 g/mol. The summed E-state index contributed by atoms with van der Waals surface area (Å²) in [6.45, 7) is 2.26. The van der Waals surface area contributed by atoms with E-state index in [0.29, 0.717) is 0 Å². The number of benzene rings is 1. The van der Waals surface area contributed by atoms with E-state index >= 15 is 0 Å². The average Bonchev–Trinajstić information content (AvgIpc) is 2.50. The molecule has 0 fully saturated rings. The molecule has 0 aliphatic carbocycles. The molecule has 20 heavy (non-hydrogen) atoms. The number of nitrogens with two attached hydrogens (primary N) is 1. The van der Waals surface area contributed by atoms with Crippen LogP contribution in [0.2, 0.25) is 0 Å². The molecule has 1 atom stereocenters. The molecule has 0 aromatic heterocycles. The summed E-state index contributed by atoms with van der Waals surface area (Å²) in [6, 6.07) is 8.37. The second-order valence-electron chi connectivity index (χ2n) is 5.41. The summed E-state index contributed by atoms with van der Waals surface area (Å²) in [6.07, 6.45) is 10.4. The van der Waals surface area contributed by atoms with Crippen molar-refractivity contribution in [3.05, 3.63) is 29.8 Å². The van der Waals surface area contributed by atoms with Crippen LogP contribution in [0.25, 0.3) is 0 Å². The number of unbranched alkanes of at least 4 members (excludes halogenated alkanes) is 6. The molecule has 0 saturated heterocycles. The quantitative estimate of drug-likeness (QED) is 0.359. The van der Waals surface area contributed by atoms with Gasteiger partial charge in [-0.05, 0) is 24.1 Å². The zero-order valence-electron chi connectivity index (χ0n) is 13.0. The third-order valence-electron chi connectivity index (χ3n) is 3.79. The van der Waals surface area contributed by atoms with Crippen LogP contribution in [0, 0.1) is 0 Å². The van der Waals surface area contributed by atoms with Gasteiger partial charge in [-0.25, -0.2) is 0 Å². The molecule has 0 spiro atoms. The van der Waals surface area contributed by atoms with Crippen LogP contribution in [0.15, 0.2) is 24.3 Å². The van der Waals surface area contributed by atoms with Crippen molar-refractivity contribution in [2.45, 2.75) is 64.3 Å². The average molecular weight is 278 g/mol. The number of ether oxygens (including phenoxy) is 1. The summed E-state index contributed by atoms with van der Waals surface area (Å²) in [7, 11) is 1.69. The highest BCUT2D eigenvalue weighted by molar-refractivity contribution is 5.30. The third-order valence-corrected chi connectivity index (χ3v) is 3.79. The molecule has 3 nitrogen and oxygen atoms in total. The van der Waals surface area contributed by atoms with Crippen molar-refractivity contribution in [1.82, 2.24) is 5.43 Å². The highest BCUT2D eigenvalue weighted by Crippen LogP contribution is 2.23. The molecule has 0 saturated carbocycles. The van der Waals surface area contributed by atoms with E-state index in [9.17, 15) is 0 Å². The van der Waals surface area contributed by atoms with Crippen LogP contribution in [0.4, 0.5) is 0 Å². The van der Waals surface area contributed by atoms with E-state index in [1.54, 1.807) is 7.11 Å². The van der Waals surface area contributed by atoms with E-state index in [-0.39, 0.29) is 6.04 Å². The zero-order valence-corrected chi connectivity index (χ0v) is 13.0. The van der Waals surface area contributed by atoms with Gasteiger partial charge >= 0.3 is 0 Å². The lowest BCUT2D eigenvalue weighted by molar-refractivity contribution is 0.411. The summed E-state index contributed by atoms with van der Waals surface area (Å²) >= 11 is 0. The highest BCUT2D eigenvalue weighted by atomic mass is 16.5. The van der Waals surface area contributed by atoms with Gasteiger partial charge in [0, 0.05) is 6.04 Å². The van der Waals surface area contributed by atoms with E-state index in [0.717, 1.165) is 12.2 Å². The molecule has 0 aliphatic heterocycles. The summed E-state index contributed by atoms with van der Waals surface area (Å²) in [5, 5.41) is 0. The second-order valence-corrected chi connectivity index (χ2v) is 5.41. The lowest BCUT2D eigenvalue weighted by atomic mass is 10.00. The fourth-order valence-electron chi connectivity index (χ4n) is 2.51. The normalized spacial score (nSPS) is 12.3. The first-order chi connectivity index (χ1) is 9.81. The van der Waals surface area contributed by atoms with Gasteiger partial charge in [0.1, 0.15) is 5.75 Å². The van der Waals surface area contributed by atoms with E-state index in [4.69, 9.17) is 10.6 Å². The van der Waals surface area contributed by atoms with E-state index < -0.39 is 0 Å². The molecule has 114 valence electrons. The van der Waals surface area contributed by atoms with Gasteiger partial charge in [0.2, 0.25) is 0 Å². The Morgan fingerprint density at radius 2 is 1.80 bits per heavy atom. The van der Waals surface area contributed by atoms with Crippen molar-refractivity contribution >= 4 is 0 Å². The first-order valence-electron chi connectivity index (χ1n) is 7.92. The highest BCUT2D eigenvalue weighted by Gasteiger charge is 2.09. The maximum absolute atomic E-state index is 5.69. The Bertz CT molecular complexity index is 355. The van der Waals surface area contributed by atoms with Gasteiger partial charge in [-0.15, -0.1) is 0 Å². The van der Waals surface area contributed by atoms with Crippen molar-refractivity contribution in [1.29, 1.82) is 0 Å². The van der Waals surface area contributed by atoms with Crippen LogP contribution in [0.1, 0.15) is 69.9 Å². The molecule has 0 bridgehead atoms. The Hall–Kier alpha value is -1.06. The Balaban J connectivity index is 2.28. The molecule has 0 aliphatic rings. The minimum absolute atomic E-state index is 0.223. The zero-order chi connectivity index (χ0) is 14.6. The predicted octanol–water partition coefficient (Wildman–Crippen LogP) is 4.34. The molecule has 0 amide bonds. The fourth-order valence-corrected chi connectivity index (χ4v) is 2.51. The van der Waals surface area contributed by atoms with Crippen molar-refractivity contribution in [2.75, 3.05) is 7.11 Å². The third kappa shape index (κ3) is 6.40. The van der Waals surface area contributed by atoms with Crippen LogP contribution in [-0.2, 0) is 0 Å². The van der Waals surface area contributed by atoms with Crippen molar-refractivity contribution in [3.8, 4) is 5.75 Å². The first-order valence-corrected chi connectivity index (χ1v) is 7.92. The SMILES string of the molecule is CCCCCCCCCC(NN)c1cccc(OC)c1. The number of hydrazine groups is 1. The Morgan fingerprint density at radius 1 is 1.10 bits per heavy atom. The molecule has 1 rings (SSSR count). The molecule has 3 heteroatoms. The molecule has 0 heterocycles. The van der Waals surface area contributed by atoms with Crippen LogP contribution in [0.5, 0.6) is 5.75 Å². The van der Waals surface area contributed by atoms with Crippen molar-refractivity contribution in [2.24, 2.45) is 5.84 Å². The monoisotopic (exact) mass is 278 g/mol. The Morgan fingerprint density at radius 3 is 2.45 bits per heavy atom. The lowest BCUT2D eigenvalue weighted by Gasteiger charge is -2.17. The van der Waals surface area contributed by atoms with Gasteiger partial charge in [-0.3, -0.25) is 11.3 Å². The molecule has 1 aromatic rings. The molecule has 3 N–H and O–H groups in total. The van der Waals surface area contributed by atoms with Gasteiger partial charge in [-0.2, -0.15) is 0 Å². The Kier molecular flexibility index (Phi) is 9.09. The second kappa shape index (κ2) is 10.7. The summed E-state index contributed by atoms with van der Waals surface area (Å²) < 4.78 is 5.26. The minimum atomic E-state index is 0.223. The summed E-state index contributed by atoms with van der Waals surface area (Å²) in [4.78, 5) is 0.